The third-order valence-electron chi connectivity index (χ3n) is 4.54. The van der Waals surface area contributed by atoms with E-state index in [9.17, 15) is 4.57 Å². The van der Waals surface area contributed by atoms with Crippen LogP contribution in [0.3, 0.4) is 0 Å². The van der Waals surface area contributed by atoms with Gasteiger partial charge in [0.15, 0.2) is 0 Å². The van der Waals surface area contributed by atoms with Crippen molar-refractivity contribution >= 4 is 8.46 Å². The van der Waals surface area contributed by atoms with Crippen LogP contribution < -0.4 is 0 Å². The maximum Gasteiger partial charge on any atom is 0.0709 e. The summed E-state index contributed by atoms with van der Waals surface area (Å²) in [4.78, 5) is 0. The van der Waals surface area contributed by atoms with Gasteiger partial charge in [0.25, 0.3) is 0 Å². The highest BCUT2D eigenvalue weighted by atomic mass is 31.1. The lowest BCUT2D eigenvalue weighted by molar-refractivity contribution is 0.272. The molecule has 3 unspecified atom stereocenters. The summed E-state index contributed by atoms with van der Waals surface area (Å²) in [6, 6.07) is 0. The van der Waals surface area contributed by atoms with Crippen molar-refractivity contribution in [1.29, 1.82) is 0 Å². The molecule has 2 heteroatoms. The van der Waals surface area contributed by atoms with Crippen molar-refractivity contribution in [2.24, 2.45) is 11.8 Å². The molecule has 0 saturated carbocycles. The lowest BCUT2D eigenvalue weighted by Gasteiger charge is -2.38. The van der Waals surface area contributed by atoms with E-state index in [0.29, 0.717) is 11.8 Å². The molecule has 0 saturated heterocycles. The molecule has 0 aromatic carbocycles. The van der Waals surface area contributed by atoms with E-state index in [2.05, 4.69) is 34.6 Å². The lowest BCUT2D eigenvalue weighted by atomic mass is 9.78. The van der Waals surface area contributed by atoms with E-state index in [4.69, 9.17) is 0 Å². The highest BCUT2D eigenvalue weighted by molar-refractivity contribution is 7.26. The van der Waals surface area contributed by atoms with E-state index in [-0.39, 0.29) is 5.16 Å². The van der Waals surface area contributed by atoms with Gasteiger partial charge >= 0.3 is 0 Å². The molecule has 104 valence electrons. The largest absolute Gasteiger partial charge is 0.330 e. The summed E-state index contributed by atoms with van der Waals surface area (Å²) in [5, 5.41) is 0.126. The van der Waals surface area contributed by atoms with E-state index in [0.717, 1.165) is 6.42 Å². The first kappa shape index (κ1) is 17.2. The molecule has 0 bridgehead atoms. The van der Waals surface area contributed by atoms with Crippen LogP contribution in [0.4, 0.5) is 0 Å². The van der Waals surface area contributed by atoms with Crippen LogP contribution in [0.1, 0.15) is 79.6 Å². The molecule has 1 nitrogen and oxygen atoms in total. The smallest absolute Gasteiger partial charge is 0.0709 e. The Morgan fingerprint density at radius 3 is 2.00 bits per heavy atom. The molecule has 0 aliphatic carbocycles. The zero-order chi connectivity index (χ0) is 13.3. The number of hydrogen-bond acceptors (Lipinski definition) is 1. The van der Waals surface area contributed by atoms with Gasteiger partial charge in [-0.25, -0.2) is 0 Å². The van der Waals surface area contributed by atoms with Crippen LogP contribution in [0, 0.1) is 11.8 Å². The molecule has 0 aliphatic rings. The monoisotopic (exact) mass is 260 g/mol. The number of unbranched alkanes of at least 4 members (excludes halogenated alkanes) is 4. The third kappa shape index (κ3) is 5.16. The normalized spacial score (nSPS) is 17.8. The van der Waals surface area contributed by atoms with E-state index < -0.39 is 8.46 Å². The molecule has 0 aliphatic heterocycles. The standard InChI is InChI=1S/C15H33OP/c1-6-8-9-10-11-12-15(17-16,13(3)4)14(5)7-2/h13-14H,6-12,17H2,1-5H3. The summed E-state index contributed by atoms with van der Waals surface area (Å²) in [6.45, 7) is 11.3. The van der Waals surface area contributed by atoms with E-state index in [1.54, 1.807) is 0 Å². The molecule has 0 aromatic rings. The molecule has 0 spiro atoms. The molecule has 17 heavy (non-hydrogen) atoms. The SMILES string of the molecule is CCCCCCCC([PH2]=O)(C(C)C)C(C)CC. The Labute approximate surface area is 110 Å². The first-order valence-corrected chi connectivity index (χ1v) is 8.56. The molecule has 0 heterocycles. The predicted molar refractivity (Wildman–Crippen MR) is 80.8 cm³/mol. The second-order valence-electron chi connectivity index (χ2n) is 5.86. The van der Waals surface area contributed by atoms with Gasteiger partial charge in [-0.1, -0.05) is 73.1 Å². The molecule has 3 atom stereocenters. The fourth-order valence-corrected chi connectivity index (χ4v) is 3.89. The topological polar surface area (TPSA) is 17.1 Å². The van der Waals surface area contributed by atoms with Crippen molar-refractivity contribution in [3.8, 4) is 0 Å². The fourth-order valence-electron chi connectivity index (χ4n) is 2.83. The third-order valence-corrected chi connectivity index (χ3v) is 6.50. The first-order chi connectivity index (χ1) is 8.05. The van der Waals surface area contributed by atoms with Crippen molar-refractivity contribution in [2.45, 2.75) is 84.7 Å². The molecule has 0 aromatic heterocycles. The summed E-state index contributed by atoms with van der Waals surface area (Å²) >= 11 is 0. The Morgan fingerprint density at radius 2 is 1.59 bits per heavy atom. The molecule has 0 N–H and O–H groups in total. The second-order valence-corrected chi connectivity index (χ2v) is 7.17. The summed E-state index contributed by atoms with van der Waals surface area (Å²) in [6.07, 6.45) is 8.90. The van der Waals surface area contributed by atoms with Crippen molar-refractivity contribution in [2.75, 3.05) is 0 Å². The van der Waals surface area contributed by atoms with Gasteiger partial charge in [0.2, 0.25) is 0 Å². The maximum atomic E-state index is 11.8. The number of rotatable bonds is 10. The Hall–Kier alpha value is 0.230. The molecule has 0 fully saturated rings. The summed E-state index contributed by atoms with van der Waals surface area (Å²) in [5.74, 6) is 1.15. The maximum absolute atomic E-state index is 11.8. The Balaban J connectivity index is 4.33. The van der Waals surface area contributed by atoms with Crippen molar-refractivity contribution < 1.29 is 4.57 Å². The van der Waals surface area contributed by atoms with Gasteiger partial charge in [0.1, 0.15) is 0 Å². The van der Waals surface area contributed by atoms with E-state index in [1.165, 1.54) is 38.5 Å². The van der Waals surface area contributed by atoms with Crippen LogP contribution in [-0.2, 0) is 4.57 Å². The van der Waals surface area contributed by atoms with Crippen molar-refractivity contribution in [3.05, 3.63) is 0 Å². The highest BCUT2D eigenvalue weighted by Gasteiger charge is 2.36. The van der Waals surface area contributed by atoms with Gasteiger partial charge in [-0.2, -0.15) is 0 Å². The van der Waals surface area contributed by atoms with Gasteiger partial charge in [0.05, 0.1) is 8.46 Å². The fraction of sp³-hybridized carbons (Fsp3) is 1.00. The Kier molecular flexibility index (Phi) is 9.32. The second kappa shape index (κ2) is 9.20. The minimum Gasteiger partial charge on any atom is -0.330 e. The van der Waals surface area contributed by atoms with Gasteiger partial charge in [-0.05, 0) is 18.3 Å². The first-order valence-electron chi connectivity index (χ1n) is 7.51. The van der Waals surface area contributed by atoms with Crippen LogP contribution in [0.25, 0.3) is 0 Å². The van der Waals surface area contributed by atoms with Gasteiger partial charge < -0.3 is 4.57 Å². The molecule has 0 amide bonds. The summed E-state index contributed by atoms with van der Waals surface area (Å²) < 4.78 is 11.8. The Bertz CT molecular complexity index is 203. The minimum absolute atomic E-state index is 0.126. The van der Waals surface area contributed by atoms with Gasteiger partial charge in [0, 0.05) is 5.16 Å². The zero-order valence-corrected chi connectivity index (χ0v) is 13.7. The lowest BCUT2D eigenvalue weighted by Crippen LogP contribution is -2.36. The van der Waals surface area contributed by atoms with Crippen LogP contribution in [0.5, 0.6) is 0 Å². The molecule has 0 radical (unpaired) electrons. The summed E-state index contributed by atoms with van der Waals surface area (Å²) in [5.41, 5.74) is 0. The summed E-state index contributed by atoms with van der Waals surface area (Å²) in [7, 11) is -0.663. The molecular formula is C15H33OP. The molecule has 0 rings (SSSR count). The van der Waals surface area contributed by atoms with Crippen molar-refractivity contribution in [1.82, 2.24) is 0 Å². The zero-order valence-electron chi connectivity index (χ0n) is 12.6. The highest BCUT2D eigenvalue weighted by Crippen LogP contribution is 2.44. The molecular weight excluding hydrogens is 227 g/mol. The quantitative estimate of drug-likeness (QED) is 0.372. The Morgan fingerprint density at radius 1 is 1.00 bits per heavy atom. The predicted octanol–water partition coefficient (Wildman–Crippen LogP) is 5.54. The minimum atomic E-state index is -0.663. The van der Waals surface area contributed by atoms with Gasteiger partial charge in [-0.15, -0.1) is 0 Å². The number of hydrogen-bond donors (Lipinski definition) is 0. The van der Waals surface area contributed by atoms with Crippen molar-refractivity contribution in [3.63, 3.8) is 0 Å². The van der Waals surface area contributed by atoms with Crippen LogP contribution in [0.2, 0.25) is 0 Å². The average molecular weight is 260 g/mol. The average Bonchev–Trinajstić information content (AvgIpc) is 2.33. The van der Waals surface area contributed by atoms with E-state index in [1.807, 2.05) is 0 Å². The van der Waals surface area contributed by atoms with E-state index >= 15 is 0 Å². The van der Waals surface area contributed by atoms with Crippen LogP contribution >= 0.6 is 8.46 Å². The van der Waals surface area contributed by atoms with Crippen LogP contribution in [-0.4, -0.2) is 5.16 Å². The van der Waals surface area contributed by atoms with Crippen LogP contribution in [0.15, 0.2) is 0 Å². The van der Waals surface area contributed by atoms with Gasteiger partial charge in [-0.3, -0.25) is 0 Å².